The largest absolute Gasteiger partial charge is 0.381 e. The Balaban J connectivity index is 2.10. The van der Waals surface area contributed by atoms with Gasteiger partial charge in [0.25, 0.3) is 11.8 Å². The standard InChI is InChI=1S/C19H21N3O2/c1-4-10-20-16-9-8-15-17-13(16)6-5-7-14(17)18(23)22(19(15)24)12-11-21(2)3/h4-9,20H,1,10-12H2,2-3H3. The third kappa shape index (κ3) is 2.67. The molecule has 1 aliphatic rings. The highest BCUT2D eigenvalue weighted by molar-refractivity contribution is 6.26. The third-order valence-electron chi connectivity index (χ3n) is 4.20. The number of hydrogen-bond acceptors (Lipinski definition) is 4. The molecular weight excluding hydrogens is 302 g/mol. The number of hydrogen-bond donors (Lipinski definition) is 1. The average Bonchev–Trinajstić information content (AvgIpc) is 2.57. The number of rotatable bonds is 6. The van der Waals surface area contributed by atoms with E-state index in [1.165, 1.54) is 4.90 Å². The van der Waals surface area contributed by atoms with Gasteiger partial charge in [0, 0.05) is 47.2 Å². The van der Waals surface area contributed by atoms with Gasteiger partial charge in [-0.1, -0.05) is 18.2 Å². The van der Waals surface area contributed by atoms with Crippen LogP contribution in [0, 0.1) is 0 Å². The second kappa shape index (κ2) is 6.45. The lowest BCUT2D eigenvalue weighted by atomic mass is 9.93. The lowest BCUT2D eigenvalue weighted by molar-refractivity contribution is 0.0601. The van der Waals surface area contributed by atoms with E-state index in [0.29, 0.717) is 30.8 Å². The van der Waals surface area contributed by atoms with Crippen molar-refractivity contribution in [2.24, 2.45) is 0 Å². The fourth-order valence-corrected chi connectivity index (χ4v) is 2.99. The molecule has 2 amide bonds. The fraction of sp³-hybridized carbons (Fsp3) is 0.263. The summed E-state index contributed by atoms with van der Waals surface area (Å²) in [4.78, 5) is 28.9. The number of benzene rings is 2. The van der Waals surface area contributed by atoms with Gasteiger partial charge in [0.15, 0.2) is 0 Å². The first-order chi connectivity index (χ1) is 11.5. The van der Waals surface area contributed by atoms with Crippen LogP contribution in [-0.2, 0) is 0 Å². The summed E-state index contributed by atoms with van der Waals surface area (Å²) in [5.74, 6) is -0.443. The number of carbonyl (C=O) groups excluding carboxylic acids is 2. The van der Waals surface area contributed by atoms with Crippen LogP contribution in [-0.4, -0.2) is 55.3 Å². The molecule has 0 radical (unpaired) electrons. The molecule has 0 saturated carbocycles. The van der Waals surface area contributed by atoms with Crippen LogP contribution in [0.25, 0.3) is 10.8 Å². The molecule has 5 nitrogen and oxygen atoms in total. The molecule has 0 fully saturated rings. The van der Waals surface area contributed by atoms with Gasteiger partial charge in [0.2, 0.25) is 0 Å². The molecule has 0 aromatic heterocycles. The molecular formula is C19H21N3O2. The molecule has 2 aromatic carbocycles. The number of imide groups is 1. The highest BCUT2D eigenvalue weighted by Gasteiger charge is 2.32. The molecule has 0 unspecified atom stereocenters. The van der Waals surface area contributed by atoms with E-state index in [-0.39, 0.29) is 11.8 Å². The van der Waals surface area contributed by atoms with E-state index in [1.807, 2.05) is 37.2 Å². The van der Waals surface area contributed by atoms with Gasteiger partial charge < -0.3 is 10.2 Å². The van der Waals surface area contributed by atoms with Gasteiger partial charge in [-0.25, -0.2) is 0 Å². The van der Waals surface area contributed by atoms with Crippen molar-refractivity contribution in [3.05, 3.63) is 54.1 Å². The van der Waals surface area contributed by atoms with Gasteiger partial charge >= 0.3 is 0 Å². The van der Waals surface area contributed by atoms with Gasteiger partial charge in [0.05, 0.1) is 0 Å². The van der Waals surface area contributed by atoms with Crippen LogP contribution in [0.4, 0.5) is 5.69 Å². The minimum Gasteiger partial charge on any atom is -0.381 e. The maximum atomic E-state index is 12.8. The highest BCUT2D eigenvalue weighted by Crippen LogP contribution is 2.34. The fourth-order valence-electron chi connectivity index (χ4n) is 2.99. The van der Waals surface area contributed by atoms with Gasteiger partial charge in [0.1, 0.15) is 0 Å². The Kier molecular flexibility index (Phi) is 4.36. The summed E-state index contributed by atoms with van der Waals surface area (Å²) in [7, 11) is 3.84. The Labute approximate surface area is 141 Å². The van der Waals surface area contributed by atoms with Crippen LogP contribution in [0.2, 0.25) is 0 Å². The van der Waals surface area contributed by atoms with Gasteiger partial charge in [-0.3, -0.25) is 14.5 Å². The Bertz CT molecular complexity index is 804. The molecule has 0 aliphatic carbocycles. The van der Waals surface area contributed by atoms with Crippen LogP contribution < -0.4 is 5.32 Å². The number of likely N-dealkylation sites (N-methyl/N-ethyl adjacent to an activating group) is 1. The molecule has 5 heteroatoms. The summed E-state index contributed by atoms with van der Waals surface area (Å²) >= 11 is 0. The average molecular weight is 323 g/mol. The van der Waals surface area contributed by atoms with Crippen LogP contribution in [0.1, 0.15) is 20.7 Å². The zero-order valence-electron chi connectivity index (χ0n) is 14.0. The van der Waals surface area contributed by atoms with Crippen molar-refractivity contribution >= 4 is 28.3 Å². The van der Waals surface area contributed by atoms with E-state index >= 15 is 0 Å². The van der Waals surface area contributed by atoms with Gasteiger partial charge in [-0.15, -0.1) is 6.58 Å². The second-order valence-corrected chi connectivity index (χ2v) is 6.12. The molecule has 24 heavy (non-hydrogen) atoms. The molecule has 0 bridgehead atoms. The number of carbonyl (C=O) groups is 2. The molecule has 3 rings (SSSR count). The van der Waals surface area contributed by atoms with Crippen LogP contribution >= 0.6 is 0 Å². The summed E-state index contributed by atoms with van der Waals surface area (Å²) in [6.45, 7) is 5.35. The Morgan fingerprint density at radius 2 is 1.83 bits per heavy atom. The van der Waals surface area contributed by atoms with Gasteiger partial charge in [-0.2, -0.15) is 0 Å². The van der Waals surface area contributed by atoms with Crippen molar-refractivity contribution in [3.8, 4) is 0 Å². The van der Waals surface area contributed by atoms with Crippen molar-refractivity contribution in [2.45, 2.75) is 0 Å². The predicted molar refractivity (Wildman–Crippen MR) is 96.6 cm³/mol. The summed E-state index contributed by atoms with van der Waals surface area (Å²) in [6, 6.07) is 9.28. The zero-order valence-corrected chi connectivity index (χ0v) is 14.0. The number of nitrogens with zero attached hydrogens (tertiary/aromatic N) is 2. The second-order valence-electron chi connectivity index (χ2n) is 6.12. The van der Waals surface area contributed by atoms with Crippen molar-refractivity contribution < 1.29 is 9.59 Å². The number of anilines is 1. The van der Waals surface area contributed by atoms with E-state index in [9.17, 15) is 9.59 Å². The van der Waals surface area contributed by atoms with Crippen molar-refractivity contribution in [3.63, 3.8) is 0 Å². The monoisotopic (exact) mass is 323 g/mol. The Morgan fingerprint density at radius 3 is 2.50 bits per heavy atom. The third-order valence-corrected chi connectivity index (χ3v) is 4.20. The summed E-state index contributed by atoms with van der Waals surface area (Å²) < 4.78 is 0. The molecule has 1 heterocycles. The molecule has 0 saturated heterocycles. The van der Waals surface area contributed by atoms with Crippen molar-refractivity contribution in [1.29, 1.82) is 0 Å². The summed E-state index contributed by atoms with van der Waals surface area (Å²) in [5.41, 5.74) is 2.07. The maximum absolute atomic E-state index is 12.8. The quantitative estimate of drug-likeness (QED) is 0.656. The minimum atomic E-state index is -0.221. The zero-order chi connectivity index (χ0) is 17.3. The van der Waals surface area contributed by atoms with Gasteiger partial charge in [-0.05, 0) is 32.3 Å². The topological polar surface area (TPSA) is 52.7 Å². The molecule has 0 spiro atoms. The number of nitrogens with one attached hydrogen (secondary N) is 1. The molecule has 1 aliphatic heterocycles. The Hall–Kier alpha value is -2.66. The first kappa shape index (κ1) is 16.2. The van der Waals surface area contributed by atoms with E-state index in [4.69, 9.17) is 0 Å². The SMILES string of the molecule is C=CCNc1ccc2c3c(cccc13)C(=O)N(CCN(C)C)C2=O. The number of amides is 2. The summed E-state index contributed by atoms with van der Waals surface area (Å²) in [6.07, 6.45) is 1.77. The maximum Gasteiger partial charge on any atom is 0.261 e. The Morgan fingerprint density at radius 1 is 1.12 bits per heavy atom. The normalized spacial score (nSPS) is 13.7. The minimum absolute atomic E-state index is 0.221. The summed E-state index contributed by atoms with van der Waals surface area (Å²) in [5, 5.41) is 4.89. The van der Waals surface area contributed by atoms with Crippen LogP contribution in [0.15, 0.2) is 43.0 Å². The molecule has 2 aromatic rings. The van der Waals surface area contributed by atoms with E-state index in [0.717, 1.165) is 16.5 Å². The first-order valence-corrected chi connectivity index (χ1v) is 7.96. The van der Waals surface area contributed by atoms with E-state index < -0.39 is 0 Å². The molecule has 1 N–H and O–H groups in total. The smallest absolute Gasteiger partial charge is 0.261 e. The van der Waals surface area contributed by atoms with E-state index in [1.54, 1.807) is 18.2 Å². The molecule has 0 atom stereocenters. The first-order valence-electron chi connectivity index (χ1n) is 7.96. The van der Waals surface area contributed by atoms with Crippen molar-refractivity contribution in [2.75, 3.05) is 39.0 Å². The van der Waals surface area contributed by atoms with E-state index in [2.05, 4.69) is 11.9 Å². The predicted octanol–water partition coefficient (Wildman–Crippen LogP) is 2.60. The van der Waals surface area contributed by atoms with Crippen LogP contribution in [0.3, 0.4) is 0 Å². The highest BCUT2D eigenvalue weighted by atomic mass is 16.2. The van der Waals surface area contributed by atoms with Crippen molar-refractivity contribution in [1.82, 2.24) is 9.80 Å². The van der Waals surface area contributed by atoms with Crippen LogP contribution in [0.5, 0.6) is 0 Å². The lowest BCUT2D eigenvalue weighted by Gasteiger charge is -2.28. The lowest BCUT2D eigenvalue weighted by Crippen LogP contribution is -2.43. The molecule has 124 valence electrons.